The number of ether oxygens (including phenoxy) is 1. The predicted octanol–water partition coefficient (Wildman–Crippen LogP) is 3.13. The normalized spacial score (nSPS) is 9.40. The maximum Gasteiger partial charge on any atom is 0.271 e. The molecule has 0 unspecified atom stereocenters. The lowest BCUT2D eigenvalue weighted by atomic mass is 10.3. The Labute approximate surface area is 103 Å². The number of halogens is 2. The minimum atomic E-state index is -0.486. The first-order chi connectivity index (χ1) is 7.06. The van der Waals surface area contributed by atoms with Gasteiger partial charge in [0.05, 0.1) is 13.9 Å². The first-order valence-electron chi connectivity index (χ1n) is 3.76. The summed E-state index contributed by atoms with van der Waals surface area (Å²) in [5.74, 6) is 2.77. The highest BCUT2D eigenvalue weighted by atomic mass is 79.9. The number of non-ortho nitro benzene ring substituents is 1. The molecular formula is C9H5Br2NO3. The maximum absolute atomic E-state index is 10.5. The van der Waals surface area contributed by atoms with Crippen LogP contribution < -0.4 is 4.74 Å². The van der Waals surface area contributed by atoms with Gasteiger partial charge in [-0.05, 0) is 31.9 Å². The van der Waals surface area contributed by atoms with Crippen molar-refractivity contribution in [2.45, 2.75) is 0 Å². The second kappa shape index (κ2) is 5.14. The van der Waals surface area contributed by atoms with E-state index in [1.807, 2.05) is 0 Å². The number of nitro groups is 1. The third-order valence-electron chi connectivity index (χ3n) is 1.49. The van der Waals surface area contributed by atoms with Crippen LogP contribution in [0, 0.1) is 22.5 Å². The van der Waals surface area contributed by atoms with E-state index in [1.165, 1.54) is 12.1 Å². The quantitative estimate of drug-likeness (QED) is 0.485. The molecule has 0 saturated heterocycles. The Hall–Kier alpha value is -1.06. The average molecular weight is 335 g/mol. The molecule has 0 radical (unpaired) electrons. The number of benzene rings is 1. The van der Waals surface area contributed by atoms with Gasteiger partial charge >= 0.3 is 0 Å². The highest BCUT2D eigenvalue weighted by Gasteiger charge is 2.14. The van der Waals surface area contributed by atoms with Crippen LogP contribution in [0.2, 0.25) is 0 Å². The molecule has 0 fully saturated rings. The Bertz CT molecular complexity index is 416. The van der Waals surface area contributed by atoms with Gasteiger partial charge in [0.25, 0.3) is 5.69 Å². The summed E-state index contributed by atoms with van der Waals surface area (Å²) in [5.41, 5.74) is -0.0261. The molecular weight excluding hydrogens is 330 g/mol. The number of nitro benzene ring substituents is 1. The summed E-state index contributed by atoms with van der Waals surface area (Å²) in [6, 6.07) is 2.72. The van der Waals surface area contributed by atoms with Crippen molar-refractivity contribution in [3.63, 3.8) is 0 Å². The molecule has 1 aromatic carbocycles. The Balaban J connectivity index is 3.11. The third kappa shape index (κ3) is 2.94. The van der Waals surface area contributed by atoms with Gasteiger partial charge < -0.3 is 4.74 Å². The van der Waals surface area contributed by atoms with Crippen LogP contribution in [0.25, 0.3) is 0 Å². The van der Waals surface area contributed by atoms with Crippen LogP contribution in [0.4, 0.5) is 5.69 Å². The molecule has 0 amide bonds. The number of rotatable bonds is 3. The van der Waals surface area contributed by atoms with Crippen LogP contribution in [-0.4, -0.2) is 11.5 Å². The zero-order chi connectivity index (χ0) is 11.4. The van der Waals surface area contributed by atoms with E-state index in [0.29, 0.717) is 14.7 Å². The molecule has 0 spiro atoms. The number of hydrogen-bond acceptors (Lipinski definition) is 3. The fourth-order valence-corrected chi connectivity index (χ4v) is 2.29. The fraction of sp³-hybridized carbons (Fsp3) is 0.111. The van der Waals surface area contributed by atoms with Gasteiger partial charge in [-0.15, -0.1) is 6.42 Å². The van der Waals surface area contributed by atoms with Crippen molar-refractivity contribution >= 4 is 37.5 Å². The SMILES string of the molecule is C#CCOc1c(Br)cc([N+](=O)[O-])cc1Br. The summed E-state index contributed by atoms with van der Waals surface area (Å²) in [6.07, 6.45) is 5.04. The molecule has 0 bridgehead atoms. The van der Waals surface area contributed by atoms with Crippen LogP contribution in [-0.2, 0) is 0 Å². The standard InChI is InChI=1S/C9H5Br2NO3/c1-2-3-15-9-7(10)4-6(12(13)14)5-8(9)11/h1,4-5H,3H2. The molecule has 0 heterocycles. The molecule has 0 aromatic heterocycles. The van der Waals surface area contributed by atoms with Gasteiger partial charge in [-0.3, -0.25) is 10.1 Å². The zero-order valence-corrected chi connectivity index (χ0v) is 10.5. The van der Waals surface area contributed by atoms with Crippen LogP contribution in [0.3, 0.4) is 0 Å². The van der Waals surface area contributed by atoms with E-state index in [4.69, 9.17) is 11.2 Å². The van der Waals surface area contributed by atoms with Crippen molar-refractivity contribution in [1.29, 1.82) is 0 Å². The summed E-state index contributed by atoms with van der Waals surface area (Å²) in [6.45, 7) is 0.106. The molecule has 0 saturated carbocycles. The molecule has 0 N–H and O–H groups in total. The molecule has 0 aliphatic heterocycles. The van der Waals surface area contributed by atoms with Gasteiger partial charge in [0.2, 0.25) is 0 Å². The minimum Gasteiger partial charge on any atom is -0.479 e. The first-order valence-corrected chi connectivity index (χ1v) is 5.34. The monoisotopic (exact) mass is 333 g/mol. The van der Waals surface area contributed by atoms with Gasteiger partial charge in [-0.2, -0.15) is 0 Å². The molecule has 0 atom stereocenters. The van der Waals surface area contributed by atoms with E-state index in [9.17, 15) is 10.1 Å². The lowest BCUT2D eigenvalue weighted by molar-refractivity contribution is -0.385. The fourth-order valence-electron chi connectivity index (χ4n) is 0.904. The molecule has 1 rings (SSSR count). The lowest BCUT2D eigenvalue weighted by Crippen LogP contribution is -1.96. The Morgan fingerprint density at radius 3 is 2.40 bits per heavy atom. The van der Waals surface area contributed by atoms with Gasteiger partial charge in [0.15, 0.2) is 0 Å². The van der Waals surface area contributed by atoms with E-state index in [-0.39, 0.29) is 12.3 Å². The molecule has 78 valence electrons. The van der Waals surface area contributed by atoms with E-state index in [2.05, 4.69) is 37.8 Å². The highest BCUT2D eigenvalue weighted by molar-refractivity contribution is 9.11. The summed E-state index contributed by atoms with van der Waals surface area (Å²) in [4.78, 5) is 10.0. The van der Waals surface area contributed by atoms with Gasteiger partial charge in [-0.1, -0.05) is 5.92 Å². The molecule has 0 aliphatic rings. The Morgan fingerprint density at radius 1 is 1.47 bits per heavy atom. The summed E-state index contributed by atoms with van der Waals surface area (Å²) >= 11 is 6.34. The van der Waals surface area contributed by atoms with Crippen molar-refractivity contribution in [3.05, 3.63) is 31.2 Å². The summed E-state index contributed by atoms with van der Waals surface area (Å²) in [7, 11) is 0. The average Bonchev–Trinajstić information content (AvgIpc) is 2.16. The smallest absolute Gasteiger partial charge is 0.271 e. The van der Waals surface area contributed by atoms with Crippen LogP contribution in [0.1, 0.15) is 0 Å². The van der Waals surface area contributed by atoms with Crippen LogP contribution >= 0.6 is 31.9 Å². The second-order valence-electron chi connectivity index (χ2n) is 2.49. The zero-order valence-electron chi connectivity index (χ0n) is 7.37. The van der Waals surface area contributed by atoms with Gasteiger partial charge in [0, 0.05) is 12.1 Å². The Kier molecular flexibility index (Phi) is 4.12. The second-order valence-corrected chi connectivity index (χ2v) is 4.20. The van der Waals surface area contributed by atoms with Gasteiger partial charge in [-0.25, -0.2) is 0 Å². The predicted molar refractivity (Wildman–Crippen MR) is 62.8 cm³/mol. The van der Waals surface area contributed by atoms with Crippen molar-refractivity contribution < 1.29 is 9.66 Å². The number of nitrogens with zero attached hydrogens (tertiary/aromatic N) is 1. The van der Waals surface area contributed by atoms with Crippen LogP contribution in [0.5, 0.6) is 5.75 Å². The largest absolute Gasteiger partial charge is 0.479 e. The maximum atomic E-state index is 10.5. The summed E-state index contributed by atoms with van der Waals surface area (Å²) < 4.78 is 6.17. The van der Waals surface area contributed by atoms with Crippen molar-refractivity contribution in [2.24, 2.45) is 0 Å². The highest BCUT2D eigenvalue weighted by Crippen LogP contribution is 2.37. The topological polar surface area (TPSA) is 52.4 Å². The molecule has 4 nitrogen and oxygen atoms in total. The molecule has 1 aromatic rings. The number of terminal acetylenes is 1. The molecule has 15 heavy (non-hydrogen) atoms. The van der Waals surface area contributed by atoms with Crippen molar-refractivity contribution in [2.75, 3.05) is 6.61 Å². The van der Waals surface area contributed by atoms with E-state index in [1.54, 1.807) is 0 Å². The first kappa shape index (κ1) is 12.0. The third-order valence-corrected chi connectivity index (χ3v) is 2.67. The minimum absolute atomic E-state index is 0.0261. The Morgan fingerprint density at radius 2 is 2.00 bits per heavy atom. The molecule has 6 heteroatoms. The van der Waals surface area contributed by atoms with Crippen molar-refractivity contribution in [3.8, 4) is 18.1 Å². The molecule has 0 aliphatic carbocycles. The lowest BCUT2D eigenvalue weighted by Gasteiger charge is -2.07. The van der Waals surface area contributed by atoms with Crippen LogP contribution in [0.15, 0.2) is 21.1 Å². The van der Waals surface area contributed by atoms with E-state index >= 15 is 0 Å². The van der Waals surface area contributed by atoms with E-state index in [0.717, 1.165) is 0 Å². The van der Waals surface area contributed by atoms with Crippen molar-refractivity contribution in [1.82, 2.24) is 0 Å². The summed E-state index contributed by atoms with van der Waals surface area (Å²) in [5, 5.41) is 10.5. The van der Waals surface area contributed by atoms with E-state index < -0.39 is 4.92 Å². The number of hydrogen-bond donors (Lipinski definition) is 0. The van der Waals surface area contributed by atoms with Gasteiger partial charge in [0.1, 0.15) is 12.4 Å².